The second-order valence-electron chi connectivity index (χ2n) is 7.99. The van der Waals surface area contributed by atoms with Crippen LogP contribution in [-0.4, -0.2) is 25.6 Å². The number of carbonyl (C=O) groups excluding carboxylic acids is 1. The highest BCUT2D eigenvalue weighted by Gasteiger charge is 2.25. The number of hydrogen-bond donors (Lipinski definition) is 2. The molecule has 0 aliphatic heterocycles. The van der Waals surface area contributed by atoms with E-state index in [-0.39, 0.29) is 6.03 Å². The van der Waals surface area contributed by atoms with E-state index < -0.39 is 0 Å². The van der Waals surface area contributed by atoms with Crippen LogP contribution in [0.5, 0.6) is 0 Å². The van der Waals surface area contributed by atoms with Crippen LogP contribution in [0.4, 0.5) is 10.6 Å². The van der Waals surface area contributed by atoms with Crippen molar-refractivity contribution in [2.24, 2.45) is 0 Å². The monoisotopic (exact) mass is 446 g/mol. The Morgan fingerprint density at radius 2 is 1.75 bits per heavy atom. The van der Waals surface area contributed by atoms with Gasteiger partial charge in [-0.05, 0) is 67.8 Å². The number of nitrogens with zero attached hydrogens (tertiary/aromatic N) is 4. The zero-order chi connectivity index (χ0) is 22.1. The van der Waals surface area contributed by atoms with Crippen LogP contribution in [0.1, 0.15) is 35.7 Å². The number of halogens is 1. The minimum absolute atomic E-state index is 0.309. The predicted molar refractivity (Wildman–Crippen MR) is 125 cm³/mol. The summed E-state index contributed by atoms with van der Waals surface area (Å²) in [6, 6.07) is 19.0. The molecule has 0 bridgehead atoms. The molecule has 4 aromatic rings. The van der Waals surface area contributed by atoms with E-state index in [0.717, 1.165) is 22.6 Å². The van der Waals surface area contributed by atoms with Gasteiger partial charge in [0, 0.05) is 35.4 Å². The SMILES string of the molecule is Cc1cc(NC(=O)NCc2ccc(-n3ccc(C4CC4)n3)cc2)nn1-c1ccc(Cl)cc1. The third kappa shape index (κ3) is 4.53. The molecule has 1 aliphatic carbocycles. The molecular formula is C24H23ClN6O. The number of benzene rings is 2. The van der Waals surface area contributed by atoms with E-state index in [4.69, 9.17) is 11.6 Å². The van der Waals surface area contributed by atoms with Crippen LogP contribution in [0.15, 0.2) is 66.9 Å². The summed E-state index contributed by atoms with van der Waals surface area (Å²) in [5.74, 6) is 1.12. The number of aromatic nitrogens is 4. The van der Waals surface area contributed by atoms with Crippen molar-refractivity contribution in [3.05, 3.63) is 88.8 Å². The number of anilines is 1. The first-order chi connectivity index (χ1) is 15.5. The summed E-state index contributed by atoms with van der Waals surface area (Å²) in [6.07, 6.45) is 4.48. The van der Waals surface area contributed by atoms with Crippen LogP contribution in [0.3, 0.4) is 0 Å². The maximum atomic E-state index is 12.3. The average molecular weight is 447 g/mol. The summed E-state index contributed by atoms with van der Waals surface area (Å²) in [5.41, 5.74) is 4.96. The van der Waals surface area contributed by atoms with Crippen molar-refractivity contribution in [2.75, 3.05) is 5.32 Å². The van der Waals surface area contributed by atoms with Crippen LogP contribution in [0, 0.1) is 6.92 Å². The molecule has 8 heteroatoms. The molecule has 5 rings (SSSR count). The lowest BCUT2D eigenvalue weighted by molar-refractivity contribution is 0.251. The number of amides is 2. The zero-order valence-corrected chi connectivity index (χ0v) is 18.4. The summed E-state index contributed by atoms with van der Waals surface area (Å²) in [7, 11) is 0. The lowest BCUT2D eigenvalue weighted by atomic mass is 10.2. The largest absolute Gasteiger partial charge is 0.334 e. The van der Waals surface area contributed by atoms with E-state index in [9.17, 15) is 4.79 Å². The fraction of sp³-hybridized carbons (Fsp3) is 0.208. The molecule has 0 radical (unpaired) electrons. The summed E-state index contributed by atoms with van der Waals surface area (Å²) in [4.78, 5) is 12.3. The normalized spacial score (nSPS) is 13.2. The van der Waals surface area contributed by atoms with Crippen molar-refractivity contribution in [3.63, 3.8) is 0 Å². The van der Waals surface area contributed by atoms with Gasteiger partial charge in [-0.3, -0.25) is 5.32 Å². The summed E-state index contributed by atoms with van der Waals surface area (Å²) < 4.78 is 3.66. The van der Waals surface area contributed by atoms with Crippen LogP contribution >= 0.6 is 11.6 Å². The quantitative estimate of drug-likeness (QED) is 0.426. The van der Waals surface area contributed by atoms with Crippen molar-refractivity contribution in [3.8, 4) is 11.4 Å². The van der Waals surface area contributed by atoms with E-state index in [0.29, 0.717) is 23.3 Å². The number of nitrogens with one attached hydrogen (secondary N) is 2. The van der Waals surface area contributed by atoms with Crippen LogP contribution < -0.4 is 10.6 Å². The van der Waals surface area contributed by atoms with E-state index in [1.54, 1.807) is 4.68 Å². The molecule has 2 aromatic heterocycles. The third-order valence-electron chi connectivity index (χ3n) is 5.46. The van der Waals surface area contributed by atoms with Crippen LogP contribution in [0.25, 0.3) is 11.4 Å². The van der Waals surface area contributed by atoms with Crippen molar-refractivity contribution < 1.29 is 4.79 Å². The van der Waals surface area contributed by atoms with Crippen molar-refractivity contribution >= 4 is 23.4 Å². The van der Waals surface area contributed by atoms with Crippen molar-refractivity contribution in [1.29, 1.82) is 0 Å². The van der Waals surface area contributed by atoms with Gasteiger partial charge in [0.1, 0.15) is 0 Å². The highest BCUT2D eigenvalue weighted by molar-refractivity contribution is 6.30. The first-order valence-corrected chi connectivity index (χ1v) is 11.0. The minimum Gasteiger partial charge on any atom is -0.334 e. The summed E-state index contributed by atoms with van der Waals surface area (Å²) in [5, 5.41) is 15.4. The molecule has 1 saturated carbocycles. The van der Waals surface area contributed by atoms with Crippen LogP contribution in [0.2, 0.25) is 5.02 Å². The predicted octanol–water partition coefficient (Wildman–Crippen LogP) is 5.22. The molecule has 1 aliphatic rings. The Labute approximate surface area is 191 Å². The Hall–Kier alpha value is -3.58. The molecular weight excluding hydrogens is 424 g/mol. The molecule has 2 N–H and O–H groups in total. The smallest absolute Gasteiger partial charge is 0.320 e. The number of hydrogen-bond acceptors (Lipinski definition) is 3. The second kappa shape index (κ2) is 8.51. The molecule has 0 unspecified atom stereocenters. The molecule has 162 valence electrons. The maximum absolute atomic E-state index is 12.3. The number of carbonyl (C=O) groups is 1. The average Bonchev–Trinajstić information content (AvgIpc) is 3.41. The van der Waals surface area contributed by atoms with Gasteiger partial charge < -0.3 is 5.32 Å². The van der Waals surface area contributed by atoms with Gasteiger partial charge in [-0.1, -0.05) is 23.7 Å². The topological polar surface area (TPSA) is 76.8 Å². The minimum atomic E-state index is -0.309. The van der Waals surface area contributed by atoms with Gasteiger partial charge in [-0.15, -0.1) is 5.10 Å². The highest BCUT2D eigenvalue weighted by Crippen LogP contribution is 2.39. The lowest BCUT2D eigenvalue weighted by Gasteiger charge is -2.07. The van der Waals surface area contributed by atoms with Gasteiger partial charge in [0.2, 0.25) is 0 Å². The van der Waals surface area contributed by atoms with Gasteiger partial charge in [-0.25, -0.2) is 14.2 Å². The standard InChI is InChI=1S/C24H23ClN6O/c1-16-14-23(29-31(16)21-10-6-19(25)7-11-21)27-24(32)26-15-17-2-8-20(9-3-17)30-13-12-22(28-30)18-4-5-18/h2-3,6-14,18H,4-5,15H2,1H3,(H2,26,27,29,32). The van der Waals surface area contributed by atoms with E-state index in [1.165, 1.54) is 18.5 Å². The van der Waals surface area contributed by atoms with Gasteiger partial charge in [0.05, 0.1) is 17.1 Å². The summed E-state index contributed by atoms with van der Waals surface area (Å²) >= 11 is 5.95. The first-order valence-electron chi connectivity index (χ1n) is 10.6. The second-order valence-corrected chi connectivity index (χ2v) is 8.43. The zero-order valence-electron chi connectivity index (χ0n) is 17.6. The van der Waals surface area contributed by atoms with Gasteiger partial charge in [0.25, 0.3) is 0 Å². The molecule has 7 nitrogen and oxygen atoms in total. The van der Waals surface area contributed by atoms with Crippen molar-refractivity contribution in [2.45, 2.75) is 32.2 Å². The van der Waals surface area contributed by atoms with E-state index in [2.05, 4.69) is 26.9 Å². The number of rotatable bonds is 6. The Bertz CT molecular complexity index is 1240. The Morgan fingerprint density at radius 3 is 2.47 bits per heavy atom. The number of urea groups is 1. The molecule has 0 saturated heterocycles. The van der Waals surface area contributed by atoms with E-state index >= 15 is 0 Å². The Kier molecular flexibility index (Phi) is 5.41. The molecule has 2 heterocycles. The highest BCUT2D eigenvalue weighted by atomic mass is 35.5. The molecule has 32 heavy (non-hydrogen) atoms. The molecule has 1 fully saturated rings. The molecule has 2 aromatic carbocycles. The van der Waals surface area contributed by atoms with Gasteiger partial charge in [-0.2, -0.15) is 5.10 Å². The first kappa shape index (κ1) is 20.3. The Morgan fingerprint density at radius 1 is 1.03 bits per heavy atom. The van der Waals surface area contributed by atoms with E-state index in [1.807, 2.05) is 72.4 Å². The number of aryl methyl sites for hydroxylation is 1. The molecule has 0 atom stereocenters. The maximum Gasteiger partial charge on any atom is 0.320 e. The fourth-order valence-corrected chi connectivity index (χ4v) is 3.69. The molecule has 0 spiro atoms. The summed E-state index contributed by atoms with van der Waals surface area (Å²) in [6.45, 7) is 2.34. The van der Waals surface area contributed by atoms with Gasteiger partial charge >= 0.3 is 6.03 Å². The van der Waals surface area contributed by atoms with Crippen LogP contribution in [-0.2, 0) is 6.54 Å². The molecule has 2 amide bonds. The lowest BCUT2D eigenvalue weighted by Crippen LogP contribution is -2.28. The fourth-order valence-electron chi connectivity index (χ4n) is 3.57. The van der Waals surface area contributed by atoms with Gasteiger partial charge in [0.15, 0.2) is 5.82 Å². The third-order valence-corrected chi connectivity index (χ3v) is 5.71. The Balaban J connectivity index is 1.17. The van der Waals surface area contributed by atoms with Crippen molar-refractivity contribution in [1.82, 2.24) is 24.9 Å².